The maximum absolute atomic E-state index is 10.6. The van der Waals surface area contributed by atoms with Gasteiger partial charge in [0, 0.05) is 29.4 Å². The van der Waals surface area contributed by atoms with Gasteiger partial charge in [-0.25, -0.2) is 9.97 Å². The third kappa shape index (κ3) is 5.08. The number of aliphatic hydroxyl groups excluding tert-OH is 1. The van der Waals surface area contributed by atoms with E-state index in [4.69, 9.17) is 9.97 Å². The van der Waals surface area contributed by atoms with Crippen molar-refractivity contribution in [2.24, 2.45) is 5.92 Å². The minimum Gasteiger partial charge on any atom is -0.388 e. The fourth-order valence-corrected chi connectivity index (χ4v) is 4.64. The van der Waals surface area contributed by atoms with Crippen LogP contribution < -0.4 is 15.9 Å². The topological polar surface area (TPSA) is 83.8 Å². The highest BCUT2D eigenvalue weighted by Crippen LogP contribution is 2.27. The summed E-state index contributed by atoms with van der Waals surface area (Å²) in [5.74, 6) is 1.51. The largest absolute Gasteiger partial charge is 0.388 e. The van der Waals surface area contributed by atoms with Crippen molar-refractivity contribution in [2.45, 2.75) is 52.2 Å². The van der Waals surface area contributed by atoms with E-state index in [2.05, 4.69) is 39.6 Å². The number of hydrogen-bond donors (Lipinski definition) is 2. The van der Waals surface area contributed by atoms with E-state index >= 15 is 0 Å². The maximum Gasteiger partial charge on any atom is 0.163 e. The van der Waals surface area contributed by atoms with E-state index < -0.39 is 6.10 Å². The summed E-state index contributed by atoms with van der Waals surface area (Å²) >= 11 is 0. The lowest BCUT2D eigenvalue weighted by Crippen LogP contribution is -2.37. The molecule has 3 aromatic rings. The summed E-state index contributed by atoms with van der Waals surface area (Å²) in [5, 5.41) is 16.2. The highest BCUT2D eigenvalue weighted by molar-refractivity contribution is 5.72. The number of allylic oxidation sites excluding steroid dienone is 4. The smallest absolute Gasteiger partial charge is 0.163 e. The van der Waals surface area contributed by atoms with Crippen LogP contribution in [0.5, 0.6) is 0 Å². The molecule has 1 unspecified atom stereocenters. The highest BCUT2D eigenvalue weighted by atomic mass is 16.3. The van der Waals surface area contributed by atoms with Gasteiger partial charge < -0.3 is 10.4 Å². The highest BCUT2D eigenvalue weighted by Gasteiger charge is 2.18. The number of aliphatic hydroxyl groups is 1. The lowest BCUT2D eigenvalue weighted by atomic mass is 9.90. The summed E-state index contributed by atoms with van der Waals surface area (Å²) in [6, 6.07) is 7.87. The van der Waals surface area contributed by atoms with Gasteiger partial charge in [0.25, 0.3) is 0 Å². The molecule has 0 radical (unpaired) electrons. The molecule has 6 nitrogen and oxygen atoms in total. The Morgan fingerprint density at radius 2 is 2.00 bits per heavy atom. The number of nitrogens with one attached hydrogen (secondary N) is 1. The van der Waals surface area contributed by atoms with Crippen LogP contribution in [-0.2, 0) is 6.54 Å². The van der Waals surface area contributed by atoms with Gasteiger partial charge in [-0.3, -0.25) is 9.97 Å². The van der Waals surface area contributed by atoms with Crippen LogP contribution in [0.3, 0.4) is 0 Å². The third-order valence-corrected chi connectivity index (χ3v) is 6.53. The molecule has 0 saturated carbocycles. The summed E-state index contributed by atoms with van der Waals surface area (Å²) in [5.41, 5.74) is 5.21. The fourth-order valence-electron chi connectivity index (χ4n) is 4.64. The Morgan fingerprint density at radius 3 is 2.77 bits per heavy atom. The van der Waals surface area contributed by atoms with Gasteiger partial charge in [0.2, 0.25) is 0 Å². The van der Waals surface area contributed by atoms with Crippen LogP contribution >= 0.6 is 0 Å². The Balaban J connectivity index is 1.65. The van der Waals surface area contributed by atoms with E-state index in [9.17, 15) is 5.11 Å². The normalized spacial score (nSPS) is 15.9. The molecule has 0 aliphatic heterocycles. The fraction of sp³-hybridized carbons (Fsp3) is 0.310. The summed E-state index contributed by atoms with van der Waals surface area (Å²) in [6.45, 7) is 4.56. The Hall–Kier alpha value is -3.64. The van der Waals surface area contributed by atoms with E-state index in [1.807, 2.05) is 38.1 Å². The van der Waals surface area contributed by atoms with Gasteiger partial charge in [0.15, 0.2) is 5.82 Å². The van der Waals surface area contributed by atoms with Crippen LogP contribution in [0.1, 0.15) is 56.9 Å². The molecule has 0 saturated heterocycles. The Morgan fingerprint density at radius 1 is 1.09 bits per heavy atom. The second kappa shape index (κ2) is 10.3. The molecule has 2 aliphatic rings. The number of hydrogen-bond acceptors (Lipinski definition) is 6. The van der Waals surface area contributed by atoms with Crippen LogP contribution in [-0.4, -0.2) is 25.0 Å². The first kappa shape index (κ1) is 23.1. The first-order chi connectivity index (χ1) is 17.1. The van der Waals surface area contributed by atoms with Gasteiger partial charge in [-0.15, -0.1) is 0 Å². The average Bonchev–Trinajstić information content (AvgIpc) is 2.92. The van der Waals surface area contributed by atoms with Crippen molar-refractivity contribution in [3.05, 3.63) is 88.5 Å². The Kier molecular flexibility index (Phi) is 6.82. The molecule has 0 amide bonds. The van der Waals surface area contributed by atoms with Gasteiger partial charge in [-0.1, -0.05) is 44.2 Å². The molecule has 1 atom stereocenters. The Bertz CT molecular complexity index is 1390. The zero-order valence-corrected chi connectivity index (χ0v) is 20.3. The zero-order chi connectivity index (χ0) is 24.2. The second-order valence-electron chi connectivity index (χ2n) is 9.41. The standard InChI is InChI=1S/C29H31N5O/c1-19(2)27(35)21-15-22(17-30-16-21)28-33-25-13-8-12-24(20-9-4-3-5-10-20)26(25)29(34-28)32-18-23-11-6-7-14-31-23/h3-4,6-7,9,11,13-17,19,27,35H,5,8,10,12,18H2,1-2H3,(H,32,33,34). The number of aromatic nitrogens is 4. The molecule has 3 aromatic heterocycles. The van der Waals surface area contributed by atoms with Crippen molar-refractivity contribution in [3.63, 3.8) is 0 Å². The van der Waals surface area contributed by atoms with Crippen molar-refractivity contribution < 1.29 is 5.11 Å². The van der Waals surface area contributed by atoms with Crippen LogP contribution in [0, 0.1) is 5.92 Å². The van der Waals surface area contributed by atoms with Crippen LogP contribution in [0.15, 0.2) is 66.7 Å². The zero-order valence-electron chi connectivity index (χ0n) is 20.3. The van der Waals surface area contributed by atoms with Gasteiger partial charge in [-0.05, 0) is 66.5 Å². The molecule has 0 bridgehead atoms. The third-order valence-electron chi connectivity index (χ3n) is 6.53. The summed E-state index contributed by atoms with van der Waals surface area (Å²) in [7, 11) is 0. The van der Waals surface area contributed by atoms with E-state index in [-0.39, 0.29) is 5.92 Å². The number of nitrogens with zero attached hydrogens (tertiary/aromatic N) is 4. The molecule has 2 N–H and O–H groups in total. The molecule has 35 heavy (non-hydrogen) atoms. The van der Waals surface area contributed by atoms with Gasteiger partial charge in [-0.2, -0.15) is 0 Å². The predicted octanol–water partition coefficient (Wildman–Crippen LogP) is 4.24. The molecule has 2 aliphatic carbocycles. The first-order valence-electron chi connectivity index (χ1n) is 12.3. The van der Waals surface area contributed by atoms with Gasteiger partial charge in [0.1, 0.15) is 5.82 Å². The molecular weight excluding hydrogens is 434 g/mol. The first-order valence-corrected chi connectivity index (χ1v) is 12.3. The van der Waals surface area contributed by atoms with E-state index in [1.165, 1.54) is 11.1 Å². The number of anilines is 1. The molecule has 3 heterocycles. The van der Waals surface area contributed by atoms with Crippen LogP contribution in [0.25, 0.3) is 23.0 Å². The van der Waals surface area contributed by atoms with Gasteiger partial charge in [0.05, 0.1) is 23.7 Å². The molecule has 0 spiro atoms. The maximum atomic E-state index is 10.6. The molecule has 0 fully saturated rings. The molecule has 0 aromatic carbocycles. The minimum absolute atomic E-state index is 0.0930. The summed E-state index contributed by atoms with van der Waals surface area (Å²) in [4.78, 5) is 18.8. The van der Waals surface area contributed by atoms with Crippen molar-refractivity contribution in [1.82, 2.24) is 19.9 Å². The van der Waals surface area contributed by atoms with E-state index in [0.29, 0.717) is 12.4 Å². The quantitative estimate of drug-likeness (QED) is 0.543. The van der Waals surface area contributed by atoms with E-state index in [1.54, 1.807) is 18.6 Å². The van der Waals surface area contributed by atoms with Crippen molar-refractivity contribution >= 4 is 17.5 Å². The number of rotatable bonds is 7. The molecule has 6 heteroatoms. The summed E-state index contributed by atoms with van der Waals surface area (Å²) in [6.07, 6.45) is 17.5. The molecule has 5 rings (SSSR count). The average molecular weight is 466 g/mol. The second-order valence-corrected chi connectivity index (χ2v) is 9.41. The number of pyridine rings is 2. The van der Waals surface area contributed by atoms with E-state index in [0.717, 1.165) is 58.9 Å². The molecular formula is C29H31N5O. The van der Waals surface area contributed by atoms with Crippen LogP contribution in [0.2, 0.25) is 0 Å². The lowest BCUT2D eigenvalue weighted by molar-refractivity contribution is 0.126. The SMILES string of the molecule is CC(C)C(O)c1cncc(-c2nc(NCc3ccccn3)c3c(n2)=CCCC=3C2=CC=CCC2)c1. The predicted molar refractivity (Wildman–Crippen MR) is 139 cm³/mol. The van der Waals surface area contributed by atoms with Gasteiger partial charge >= 0.3 is 0 Å². The summed E-state index contributed by atoms with van der Waals surface area (Å²) < 4.78 is 0. The van der Waals surface area contributed by atoms with Crippen molar-refractivity contribution in [3.8, 4) is 11.4 Å². The molecule has 178 valence electrons. The number of fused-ring (bicyclic) bond motifs is 1. The minimum atomic E-state index is -0.584. The van der Waals surface area contributed by atoms with Crippen LogP contribution in [0.4, 0.5) is 5.82 Å². The Labute approximate surface area is 205 Å². The van der Waals surface area contributed by atoms with Crippen molar-refractivity contribution in [2.75, 3.05) is 5.32 Å². The lowest BCUT2D eigenvalue weighted by Gasteiger charge is -2.19. The van der Waals surface area contributed by atoms with Crippen molar-refractivity contribution in [1.29, 1.82) is 0 Å². The monoisotopic (exact) mass is 465 g/mol.